The standard InChI is InChI=1S/C12H14F2N2OS/c13-9-2-1-3-10(14)8(9)4-5-15-12(17)11-6-18-7-16-11/h1-3,11,16H,4-7H2,(H,15,17). The molecule has 1 aromatic rings. The summed E-state index contributed by atoms with van der Waals surface area (Å²) in [5.74, 6) is 0.245. The largest absolute Gasteiger partial charge is 0.354 e. The summed E-state index contributed by atoms with van der Waals surface area (Å²) >= 11 is 1.65. The molecule has 1 amide bonds. The molecule has 1 aliphatic heterocycles. The minimum atomic E-state index is -0.571. The predicted molar refractivity (Wildman–Crippen MR) is 67.3 cm³/mol. The number of benzene rings is 1. The quantitative estimate of drug-likeness (QED) is 0.867. The molecule has 2 rings (SSSR count). The van der Waals surface area contributed by atoms with Crippen LogP contribution in [-0.2, 0) is 11.2 Å². The minimum Gasteiger partial charge on any atom is -0.354 e. The van der Waals surface area contributed by atoms with Crippen LogP contribution in [0.1, 0.15) is 5.56 Å². The first-order valence-electron chi connectivity index (χ1n) is 5.70. The molecule has 18 heavy (non-hydrogen) atoms. The van der Waals surface area contributed by atoms with Crippen molar-refractivity contribution in [1.82, 2.24) is 10.6 Å². The van der Waals surface area contributed by atoms with Crippen molar-refractivity contribution in [3.8, 4) is 0 Å². The van der Waals surface area contributed by atoms with Gasteiger partial charge in [0, 0.05) is 23.7 Å². The van der Waals surface area contributed by atoms with Crippen molar-refractivity contribution in [1.29, 1.82) is 0 Å². The fourth-order valence-electron chi connectivity index (χ4n) is 1.77. The molecule has 0 bridgehead atoms. The van der Waals surface area contributed by atoms with Crippen molar-refractivity contribution in [3.63, 3.8) is 0 Å². The molecule has 1 atom stereocenters. The fraction of sp³-hybridized carbons (Fsp3) is 0.417. The molecule has 0 saturated carbocycles. The van der Waals surface area contributed by atoms with Crippen LogP contribution in [0.4, 0.5) is 8.78 Å². The maximum Gasteiger partial charge on any atom is 0.238 e. The number of amides is 1. The highest BCUT2D eigenvalue weighted by molar-refractivity contribution is 7.99. The molecular weight excluding hydrogens is 258 g/mol. The van der Waals surface area contributed by atoms with Crippen molar-refractivity contribution in [2.45, 2.75) is 12.5 Å². The highest BCUT2D eigenvalue weighted by Crippen LogP contribution is 2.12. The van der Waals surface area contributed by atoms with Gasteiger partial charge in [-0.2, -0.15) is 0 Å². The Labute approximate surface area is 108 Å². The topological polar surface area (TPSA) is 41.1 Å². The van der Waals surface area contributed by atoms with Crippen molar-refractivity contribution < 1.29 is 13.6 Å². The first kappa shape index (κ1) is 13.3. The number of nitrogens with one attached hydrogen (secondary N) is 2. The van der Waals surface area contributed by atoms with Crippen LogP contribution >= 0.6 is 11.8 Å². The molecule has 1 saturated heterocycles. The summed E-state index contributed by atoms with van der Waals surface area (Å²) in [5.41, 5.74) is 0.0200. The Morgan fingerprint density at radius 1 is 1.44 bits per heavy atom. The maximum absolute atomic E-state index is 13.3. The van der Waals surface area contributed by atoms with Crippen LogP contribution in [0.25, 0.3) is 0 Å². The van der Waals surface area contributed by atoms with Gasteiger partial charge in [0.25, 0.3) is 0 Å². The van der Waals surface area contributed by atoms with E-state index in [0.717, 1.165) is 11.6 Å². The fourth-order valence-corrected chi connectivity index (χ4v) is 2.71. The van der Waals surface area contributed by atoms with E-state index in [-0.39, 0.29) is 30.5 Å². The molecule has 6 heteroatoms. The second kappa shape index (κ2) is 6.15. The smallest absolute Gasteiger partial charge is 0.238 e. The van der Waals surface area contributed by atoms with Crippen LogP contribution in [0.5, 0.6) is 0 Å². The van der Waals surface area contributed by atoms with E-state index < -0.39 is 11.6 Å². The summed E-state index contributed by atoms with van der Waals surface area (Å²) in [4.78, 5) is 11.6. The number of thioether (sulfide) groups is 1. The van der Waals surface area contributed by atoms with Crippen LogP contribution < -0.4 is 10.6 Å². The number of hydrogen-bond donors (Lipinski definition) is 2. The number of rotatable bonds is 4. The number of carbonyl (C=O) groups excluding carboxylic acids is 1. The lowest BCUT2D eigenvalue weighted by molar-refractivity contribution is -0.122. The van der Waals surface area contributed by atoms with Gasteiger partial charge >= 0.3 is 0 Å². The molecule has 1 heterocycles. The Kier molecular flexibility index (Phi) is 4.54. The monoisotopic (exact) mass is 272 g/mol. The van der Waals surface area contributed by atoms with Gasteiger partial charge in [0.1, 0.15) is 11.6 Å². The molecule has 98 valence electrons. The highest BCUT2D eigenvalue weighted by atomic mass is 32.2. The van der Waals surface area contributed by atoms with Crippen molar-refractivity contribution in [2.75, 3.05) is 18.2 Å². The molecule has 2 N–H and O–H groups in total. The summed E-state index contributed by atoms with van der Waals surface area (Å²) in [6, 6.07) is 3.57. The van der Waals surface area contributed by atoms with Gasteiger partial charge in [-0.05, 0) is 18.6 Å². The van der Waals surface area contributed by atoms with Crippen molar-refractivity contribution in [2.24, 2.45) is 0 Å². The molecule has 0 aromatic heterocycles. The molecule has 0 radical (unpaired) electrons. The van der Waals surface area contributed by atoms with Crippen LogP contribution in [-0.4, -0.2) is 30.1 Å². The molecule has 1 aromatic carbocycles. The number of hydrogen-bond acceptors (Lipinski definition) is 3. The molecule has 0 aliphatic carbocycles. The van der Waals surface area contributed by atoms with E-state index >= 15 is 0 Å². The Balaban J connectivity index is 1.83. The van der Waals surface area contributed by atoms with Gasteiger partial charge in [-0.1, -0.05) is 6.07 Å². The molecule has 1 aliphatic rings. The van der Waals surface area contributed by atoms with Gasteiger partial charge in [0.05, 0.1) is 6.04 Å². The minimum absolute atomic E-state index is 0.0200. The van der Waals surface area contributed by atoms with E-state index in [0.29, 0.717) is 0 Å². The lowest BCUT2D eigenvalue weighted by Crippen LogP contribution is -2.42. The van der Waals surface area contributed by atoms with E-state index in [4.69, 9.17) is 0 Å². The summed E-state index contributed by atoms with van der Waals surface area (Å²) in [5, 5.41) is 5.71. The lowest BCUT2D eigenvalue weighted by Gasteiger charge is -2.11. The van der Waals surface area contributed by atoms with E-state index in [9.17, 15) is 13.6 Å². The van der Waals surface area contributed by atoms with Crippen LogP contribution in [0, 0.1) is 11.6 Å². The average molecular weight is 272 g/mol. The van der Waals surface area contributed by atoms with Gasteiger partial charge in [-0.3, -0.25) is 10.1 Å². The van der Waals surface area contributed by atoms with Gasteiger partial charge in [0.15, 0.2) is 0 Å². The third-order valence-corrected chi connectivity index (χ3v) is 3.71. The van der Waals surface area contributed by atoms with E-state index in [1.807, 2.05) is 0 Å². The zero-order valence-corrected chi connectivity index (χ0v) is 10.5. The van der Waals surface area contributed by atoms with Gasteiger partial charge in [-0.25, -0.2) is 8.78 Å². The molecule has 3 nitrogen and oxygen atoms in total. The highest BCUT2D eigenvalue weighted by Gasteiger charge is 2.21. The summed E-state index contributed by atoms with van der Waals surface area (Å²) < 4.78 is 26.6. The molecule has 0 spiro atoms. The normalized spacial score (nSPS) is 18.9. The Morgan fingerprint density at radius 2 is 2.17 bits per heavy atom. The van der Waals surface area contributed by atoms with Crippen molar-refractivity contribution in [3.05, 3.63) is 35.4 Å². The van der Waals surface area contributed by atoms with Crippen LogP contribution in [0.3, 0.4) is 0 Å². The zero-order chi connectivity index (χ0) is 13.0. The van der Waals surface area contributed by atoms with E-state index in [1.54, 1.807) is 11.8 Å². The average Bonchev–Trinajstić information content (AvgIpc) is 2.86. The SMILES string of the molecule is O=C(NCCc1c(F)cccc1F)C1CSCN1. The molecular formula is C12H14F2N2OS. The Bertz CT molecular complexity index is 416. The maximum atomic E-state index is 13.3. The summed E-state index contributed by atoms with van der Waals surface area (Å²) in [6.45, 7) is 0.236. The lowest BCUT2D eigenvalue weighted by atomic mass is 10.1. The second-order valence-electron chi connectivity index (χ2n) is 4.01. The number of halogens is 2. The van der Waals surface area contributed by atoms with Gasteiger partial charge < -0.3 is 5.32 Å². The molecule has 1 fully saturated rings. The van der Waals surface area contributed by atoms with Crippen LogP contribution in [0.15, 0.2) is 18.2 Å². The zero-order valence-electron chi connectivity index (χ0n) is 9.71. The van der Waals surface area contributed by atoms with E-state index in [1.165, 1.54) is 18.2 Å². The number of carbonyl (C=O) groups is 1. The predicted octanol–water partition coefficient (Wildman–Crippen LogP) is 1.29. The third kappa shape index (κ3) is 3.20. The van der Waals surface area contributed by atoms with Gasteiger partial charge in [-0.15, -0.1) is 11.8 Å². The second-order valence-corrected chi connectivity index (χ2v) is 5.04. The van der Waals surface area contributed by atoms with Gasteiger partial charge in [0.2, 0.25) is 5.91 Å². The Morgan fingerprint density at radius 3 is 2.78 bits per heavy atom. The first-order valence-corrected chi connectivity index (χ1v) is 6.85. The summed E-state index contributed by atoms with van der Waals surface area (Å²) in [7, 11) is 0. The third-order valence-electron chi connectivity index (χ3n) is 2.77. The Hall–Kier alpha value is -1.14. The van der Waals surface area contributed by atoms with Crippen LogP contribution in [0.2, 0.25) is 0 Å². The van der Waals surface area contributed by atoms with Crippen molar-refractivity contribution >= 4 is 17.7 Å². The first-order chi connectivity index (χ1) is 8.68. The molecule has 1 unspecified atom stereocenters. The summed E-state index contributed by atoms with van der Waals surface area (Å²) in [6.07, 6.45) is 0.157. The van der Waals surface area contributed by atoms with E-state index in [2.05, 4.69) is 10.6 Å².